The van der Waals surface area contributed by atoms with Gasteiger partial charge in [0.05, 0.1) is 5.57 Å². The molecule has 0 amide bonds. The molecule has 0 aliphatic heterocycles. The summed E-state index contributed by atoms with van der Waals surface area (Å²) in [6, 6.07) is 0. The van der Waals surface area contributed by atoms with Gasteiger partial charge in [0, 0.05) is 13.3 Å². The number of halogens is 3. The first-order valence-corrected chi connectivity index (χ1v) is 4.11. The third-order valence-electron chi connectivity index (χ3n) is 1.77. The van der Waals surface area contributed by atoms with Crippen LogP contribution in [-0.2, 0) is 0 Å². The minimum absolute atomic E-state index is 0.263. The molecule has 0 radical (unpaired) electrons. The first-order valence-electron chi connectivity index (χ1n) is 4.11. The lowest BCUT2D eigenvalue weighted by atomic mass is 10.1. The van der Waals surface area contributed by atoms with E-state index in [2.05, 4.69) is 4.99 Å². The fourth-order valence-corrected chi connectivity index (χ4v) is 1.11. The van der Waals surface area contributed by atoms with E-state index in [4.69, 9.17) is 0 Å². The van der Waals surface area contributed by atoms with Crippen LogP contribution in [0.25, 0.3) is 0 Å². The molecule has 0 unspecified atom stereocenters. The summed E-state index contributed by atoms with van der Waals surface area (Å²) in [6.07, 6.45) is 2.81. The molecule has 0 fully saturated rings. The van der Waals surface area contributed by atoms with Gasteiger partial charge in [0.2, 0.25) is 0 Å². The minimum Gasteiger partial charge on any atom is -0.296 e. The second-order valence-corrected chi connectivity index (χ2v) is 2.85. The van der Waals surface area contributed by atoms with Crippen LogP contribution < -0.4 is 0 Å². The molecule has 1 nitrogen and oxygen atoms in total. The molecule has 0 atom stereocenters. The fraction of sp³-hybridized carbons (Fsp3) is 0.300. The van der Waals surface area contributed by atoms with Crippen LogP contribution in [0.4, 0.5) is 13.2 Å². The summed E-state index contributed by atoms with van der Waals surface area (Å²) < 4.78 is 36.8. The van der Waals surface area contributed by atoms with Crippen LogP contribution in [0.2, 0.25) is 0 Å². The monoisotopic (exact) mass is 201 g/mol. The Bertz CT molecular complexity index is 319. The van der Waals surface area contributed by atoms with E-state index >= 15 is 0 Å². The molecule has 1 aliphatic rings. The fourth-order valence-electron chi connectivity index (χ4n) is 1.11. The molecule has 1 aliphatic carbocycles. The Morgan fingerprint density at radius 2 is 2.14 bits per heavy atom. The highest BCUT2D eigenvalue weighted by Gasteiger charge is 2.31. The standard InChI is InChI=1S/C10H10F3N/c1-14-7-8-3-2-4-9(6-5-8)10(11,12)13/h2-4,6-7H,5H2,1H3. The maximum atomic E-state index is 12.3. The van der Waals surface area contributed by atoms with Crippen molar-refractivity contribution in [1.29, 1.82) is 0 Å². The molecule has 0 heterocycles. The highest BCUT2D eigenvalue weighted by molar-refractivity contribution is 5.79. The van der Waals surface area contributed by atoms with Crippen molar-refractivity contribution in [2.24, 2.45) is 4.99 Å². The summed E-state index contributed by atoms with van der Waals surface area (Å²) >= 11 is 0. The summed E-state index contributed by atoms with van der Waals surface area (Å²) in [5, 5.41) is 0. The summed E-state index contributed by atoms with van der Waals surface area (Å²) in [5.74, 6) is 0. The van der Waals surface area contributed by atoms with E-state index in [-0.39, 0.29) is 6.42 Å². The van der Waals surface area contributed by atoms with Crippen molar-refractivity contribution in [2.45, 2.75) is 12.6 Å². The molecule has 14 heavy (non-hydrogen) atoms. The quantitative estimate of drug-likeness (QED) is 0.578. The van der Waals surface area contributed by atoms with Gasteiger partial charge in [-0.3, -0.25) is 4.99 Å². The molecule has 0 aromatic heterocycles. The number of hydrogen-bond donors (Lipinski definition) is 0. The second-order valence-electron chi connectivity index (χ2n) is 2.85. The van der Waals surface area contributed by atoms with Crippen LogP contribution in [0.3, 0.4) is 0 Å². The lowest BCUT2D eigenvalue weighted by Crippen LogP contribution is -2.09. The van der Waals surface area contributed by atoms with Crippen molar-refractivity contribution >= 4 is 6.21 Å². The van der Waals surface area contributed by atoms with E-state index in [1.165, 1.54) is 6.08 Å². The van der Waals surface area contributed by atoms with Gasteiger partial charge in [-0.1, -0.05) is 24.3 Å². The minimum atomic E-state index is -4.26. The molecule has 76 valence electrons. The van der Waals surface area contributed by atoms with Crippen molar-refractivity contribution in [3.8, 4) is 0 Å². The van der Waals surface area contributed by atoms with E-state index in [1.54, 1.807) is 19.3 Å². The van der Waals surface area contributed by atoms with Gasteiger partial charge in [0.15, 0.2) is 0 Å². The Kier molecular flexibility index (Phi) is 3.28. The highest BCUT2D eigenvalue weighted by Crippen LogP contribution is 2.28. The first kappa shape index (κ1) is 10.8. The lowest BCUT2D eigenvalue weighted by molar-refractivity contribution is -0.0883. The number of nitrogens with zero attached hydrogens (tertiary/aromatic N) is 1. The summed E-state index contributed by atoms with van der Waals surface area (Å²) in [7, 11) is 1.59. The topological polar surface area (TPSA) is 12.4 Å². The van der Waals surface area contributed by atoms with Crippen molar-refractivity contribution in [3.63, 3.8) is 0 Å². The predicted octanol–water partition coefficient (Wildman–Crippen LogP) is 3.06. The summed E-state index contributed by atoms with van der Waals surface area (Å²) in [5.41, 5.74) is 0.163. The van der Waals surface area contributed by atoms with Gasteiger partial charge in [-0.25, -0.2) is 0 Å². The maximum Gasteiger partial charge on any atom is 0.416 e. The smallest absolute Gasteiger partial charge is 0.296 e. The Balaban J connectivity index is 2.83. The zero-order valence-electron chi connectivity index (χ0n) is 7.67. The molecule has 0 aromatic rings. The normalized spacial score (nSPS) is 18.0. The Hall–Kier alpha value is -1.32. The first-order chi connectivity index (χ1) is 6.54. The molecule has 0 saturated carbocycles. The van der Waals surface area contributed by atoms with Crippen molar-refractivity contribution < 1.29 is 13.2 Å². The van der Waals surface area contributed by atoms with E-state index in [0.29, 0.717) is 0 Å². The van der Waals surface area contributed by atoms with E-state index < -0.39 is 11.7 Å². The SMILES string of the molecule is CN=CC1=CC=CC(C(F)(F)F)=CC1. The van der Waals surface area contributed by atoms with Crippen LogP contribution in [0.5, 0.6) is 0 Å². The zero-order chi connectivity index (χ0) is 10.6. The molecule has 0 aromatic carbocycles. The third-order valence-corrected chi connectivity index (χ3v) is 1.77. The Morgan fingerprint density at radius 3 is 2.71 bits per heavy atom. The van der Waals surface area contributed by atoms with Crippen LogP contribution in [0.1, 0.15) is 6.42 Å². The van der Waals surface area contributed by atoms with Crippen LogP contribution >= 0.6 is 0 Å². The predicted molar refractivity (Wildman–Crippen MR) is 50.4 cm³/mol. The number of allylic oxidation sites excluding steroid dienone is 6. The largest absolute Gasteiger partial charge is 0.416 e. The number of alkyl halides is 3. The summed E-state index contributed by atoms with van der Waals surface area (Å²) in [6.45, 7) is 0. The van der Waals surface area contributed by atoms with Crippen molar-refractivity contribution in [3.05, 3.63) is 35.5 Å². The Labute approximate surface area is 80.3 Å². The van der Waals surface area contributed by atoms with Gasteiger partial charge in [-0.05, 0) is 12.0 Å². The molecular weight excluding hydrogens is 191 g/mol. The van der Waals surface area contributed by atoms with Gasteiger partial charge < -0.3 is 0 Å². The number of aliphatic imine (C=N–C) groups is 1. The molecule has 0 N–H and O–H groups in total. The average Bonchev–Trinajstić information content (AvgIpc) is 2.29. The van der Waals surface area contributed by atoms with Gasteiger partial charge in [-0.15, -0.1) is 0 Å². The summed E-state index contributed by atoms with van der Waals surface area (Å²) in [4.78, 5) is 3.75. The van der Waals surface area contributed by atoms with Crippen LogP contribution in [0, 0.1) is 0 Å². The number of rotatable bonds is 1. The van der Waals surface area contributed by atoms with E-state index in [1.807, 2.05) is 0 Å². The lowest BCUT2D eigenvalue weighted by Gasteiger charge is -2.05. The number of hydrogen-bond acceptors (Lipinski definition) is 1. The molecule has 0 bridgehead atoms. The third kappa shape index (κ3) is 2.87. The second kappa shape index (κ2) is 4.26. The Morgan fingerprint density at radius 1 is 1.43 bits per heavy atom. The molecule has 4 heteroatoms. The molecular formula is C10H10F3N. The molecule has 0 spiro atoms. The van der Waals surface area contributed by atoms with Gasteiger partial charge >= 0.3 is 6.18 Å². The highest BCUT2D eigenvalue weighted by atomic mass is 19.4. The van der Waals surface area contributed by atoms with Crippen molar-refractivity contribution in [1.82, 2.24) is 0 Å². The van der Waals surface area contributed by atoms with E-state index in [9.17, 15) is 13.2 Å². The van der Waals surface area contributed by atoms with E-state index in [0.717, 1.165) is 17.7 Å². The average molecular weight is 201 g/mol. The van der Waals surface area contributed by atoms with Crippen molar-refractivity contribution in [2.75, 3.05) is 7.05 Å². The zero-order valence-corrected chi connectivity index (χ0v) is 7.67. The van der Waals surface area contributed by atoms with Gasteiger partial charge in [0.25, 0.3) is 0 Å². The van der Waals surface area contributed by atoms with Gasteiger partial charge in [-0.2, -0.15) is 13.2 Å². The molecule has 1 rings (SSSR count). The molecule has 0 saturated heterocycles. The van der Waals surface area contributed by atoms with Crippen LogP contribution in [0.15, 0.2) is 40.4 Å². The maximum absolute atomic E-state index is 12.3. The van der Waals surface area contributed by atoms with Gasteiger partial charge in [0.1, 0.15) is 0 Å². The van der Waals surface area contributed by atoms with Crippen LogP contribution in [-0.4, -0.2) is 19.4 Å².